The van der Waals surface area contributed by atoms with E-state index in [0.717, 1.165) is 8.47 Å². The van der Waals surface area contributed by atoms with E-state index in [1.54, 1.807) is 72.4 Å². The van der Waals surface area contributed by atoms with Gasteiger partial charge in [-0.25, -0.2) is 4.79 Å². The number of benzene rings is 3. The van der Waals surface area contributed by atoms with Crippen LogP contribution in [0.4, 0.5) is 21.9 Å². The van der Waals surface area contributed by atoms with Crippen LogP contribution in [0.15, 0.2) is 83.8 Å². The Morgan fingerprint density at radius 1 is 1.12 bits per heavy atom. The maximum Gasteiger partial charge on any atom is 0.412 e. The van der Waals surface area contributed by atoms with Crippen LogP contribution >= 0.6 is 34.4 Å². The number of rotatable bonds is 8. The van der Waals surface area contributed by atoms with Gasteiger partial charge in [0.05, 0.1) is 11.4 Å². The first-order chi connectivity index (χ1) is 16.4. The Labute approximate surface area is 215 Å². The van der Waals surface area contributed by atoms with Crippen molar-refractivity contribution in [2.45, 2.75) is 17.4 Å². The fourth-order valence-corrected chi connectivity index (χ4v) is 3.98. The minimum absolute atomic E-state index is 0.00236. The number of anilines is 3. The minimum Gasteiger partial charge on any atom is -0.508 e. The molecule has 0 heterocycles. The molecule has 0 spiro atoms. The molecule has 7 nitrogen and oxygen atoms in total. The van der Waals surface area contributed by atoms with Crippen molar-refractivity contribution in [2.24, 2.45) is 0 Å². The number of nitrogen functional groups attached to an aromatic ring is 1. The zero-order valence-electron chi connectivity index (χ0n) is 18.3. The third-order valence-electron chi connectivity index (χ3n) is 4.76. The van der Waals surface area contributed by atoms with E-state index in [1.807, 2.05) is 18.4 Å². The molecule has 0 fully saturated rings. The van der Waals surface area contributed by atoms with E-state index in [-0.39, 0.29) is 18.1 Å². The van der Waals surface area contributed by atoms with E-state index >= 15 is 0 Å². The summed E-state index contributed by atoms with van der Waals surface area (Å²) in [5.74, 6) is -0.376. The molecule has 0 saturated carbocycles. The molecule has 34 heavy (non-hydrogen) atoms. The molecule has 0 aliphatic rings. The number of nitrogens with one attached hydrogen (secondary N) is 2. The third kappa shape index (κ3) is 7.42. The largest absolute Gasteiger partial charge is 0.508 e. The second-order valence-electron chi connectivity index (χ2n) is 7.17. The van der Waals surface area contributed by atoms with E-state index in [4.69, 9.17) is 10.5 Å². The summed E-state index contributed by atoms with van der Waals surface area (Å²) in [5.41, 5.74) is 7.84. The van der Waals surface area contributed by atoms with E-state index in [1.165, 1.54) is 6.08 Å². The molecule has 1 atom stereocenters. The van der Waals surface area contributed by atoms with Crippen molar-refractivity contribution in [1.29, 1.82) is 0 Å². The van der Waals surface area contributed by atoms with Gasteiger partial charge in [-0.2, -0.15) is 0 Å². The maximum absolute atomic E-state index is 12.6. The predicted molar refractivity (Wildman–Crippen MR) is 145 cm³/mol. The smallest absolute Gasteiger partial charge is 0.412 e. The predicted octanol–water partition coefficient (Wildman–Crippen LogP) is 6.18. The Bertz CT molecular complexity index is 1190. The zero-order valence-corrected chi connectivity index (χ0v) is 21.3. The number of carbonyl (C=O) groups excluding carboxylic acids is 2. The van der Waals surface area contributed by atoms with Crippen LogP contribution in [0.25, 0.3) is 0 Å². The van der Waals surface area contributed by atoms with Gasteiger partial charge in [-0.3, -0.25) is 10.1 Å². The number of para-hydroxylation sites is 2. The standard InChI is InChI=1S/C25H24IN3O4S/c1-34-18-12-10-17(11-13-18)28-25(32)33-23(19-15-16(26)9-14-22(19)30)7-4-8-24(31)29-21-6-3-2-5-20(21)27/h2-6,8-15,23,30H,7,27H2,1H3,(H,28,32)(H,29,31)/b8-4+/t23-/m0/s1. The Hall–Kier alpha value is -3.18. The summed E-state index contributed by atoms with van der Waals surface area (Å²) in [7, 11) is 0. The third-order valence-corrected chi connectivity index (χ3v) is 6.17. The lowest BCUT2D eigenvalue weighted by molar-refractivity contribution is -0.111. The molecule has 0 bridgehead atoms. The number of nitrogens with two attached hydrogens (primary N) is 1. The minimum atomic E-state index is -0.814. The topological polar surface area (TPSA) is 114 Å². The first kappa shape index (κ1) is 25.4. The Morgan fingerprint density at radius 2 is 1.85 bits per heavy atom. The summed E-state index contributed by atoms with van der Waals surface area (Å²) in [4.78, 5) is 25.9. The molecule has 0 unspecified atom stereocenters. The molecule has 3 aromatic rings. The molecule has 0 saturated heterocycles. The van der Waals surface area contributed by atoms with Crippen LogP contribution in [0.3, 0.4) is 0 Å². The first-order valence-corrected chi connectivity index (χ1v) is 12.6. The Balaban J connectivity index is 1.71. The Kier molecular flexibility index (Phi) is 9.23. The van der Waals surface area contributed by atoms with Crippen molar-refractivity contribution >= 4 is 63.4 Å². The molecule has 0 aliphatic carbocycles. The maximum atomic E-state index is 12.6. The lowest BCUT2D eigenvalue weighted by Crippen LogP contribution is -2.17. The van der Waals surface area contributed by atoms with Gasteiger partial charge in [0.2, 0.25) is 5.91 Å². The van der Waals surface area contributed by atoms with Gasteiger partial charge in [0.15, 0.2) is 0 Å². The number of hydrogen-bond donors (Lipinski definition) is 4. The lowest BCUT2D eigenvalue weighted by atomic mass is 10.0. The average molecular weight is 589 g/mol. The quantitative estimate of drug-likeness (QED) is 0.108. The number of phenols is 1. The fraction of sp³-hybridized carbons (Fsp3) is 0.120. The van der Waals surface area contributed by atoms with Crippen molar-refractivity contribution in [1.82, 2.24) is 0 Å². The molecular weight excluding hydrogens is 565 g/mol. The second kappa shape index (κ2) is 12.3. The van der Waals surface area contributed by atoms with Crippen molar-refractivity contribution < 1.29 is 19.4 Å². The van der Waals surface area contributed by atoms with Gasteiger partial charge in [-0.15, -0.1) is 11.8 Å². The monoisotopic (exact) mass is 589 g/mol. The Morgan fingerprint density at radius 3 is 2.56 bits per heavy atom. The van der Waals surface area contributed by atoms with Crippen LogP contribution in [0.1, 0.15) is 18.1 Å². The van der Waals surface area contributed by atoms with Crippen molar-refractivity contribution in [2.75, 3.05) is 22.6 Å². The number of hydrogen-bond acceptors (Lipinski definition) is 6. The summed E-state index contributed by atoms with van der Waals surface area (Å²) in [6.45, 7) is 0. The molecule has 176 valence electrons. The van der Waals surface area contributed by atoms with E-state index in [2.05, 4.69) is 33.2 Å². The van der Waals surface area contributed by atoms with Crippen molar-refractivity contribution in [3.63, 3.8) is 0 Å². The summed E-state index contributed by atoms with van der Waals surface area (Å²) >= 11 is 3.72. The molecule has 5 N–H and O–H groups in total. The number of ether oxygens (including phenoxy) is 1. The average Bonchev–Trinajstić information content (AvgIpc) is 2.82. The van der Waals surface area contributed by atoms with Crippen molar-refractivity contribution in [3.8, 4) is 5.75 Å². The van der Waals surface area contributed by atoms with Crippen LogP contribution in [-0.4, -0.2) is 23.4 Å². The van der Waals surface area contributed by atoms with Crippen LogP contribution in [0.5, 0.6) is 5.75 Å². The normalized spacial score (nSPS) is 11.7. The fourth-order valence-electron chi connectivity index (χ4n) is 3.06. The highest BCUT2D eigenvalue weighted by Gasteiger charge is 2.20. The van der Waals surface area contributed by atoms with Gasteiger partial charge in [0.1, 0.15) is 11.9 Å². The van der Waals surface area contributed by atoms with Crippen molar-refractivity contribution in [3.05, 3.63) is 88.0 Å². The van der Waals surface area contributed by atoms with Crippen LogP contribution in [0, 0.1) is 3.57 Å². The lowest BCUT2D eigenvalue weighted by Gasteiger charge is -2.19. The number of thioether (sulfide) groups is 1. The zero-order chi connectivity index (χ0) is 24.5. The molecule has 3 rings (SSSR count). The summed E-state index contributed by atoms with van der Waals surface area (Å²) in [5, 5.41) is 15.8. The number of amides is 2. The van der Waals surface area contributed by atoms with Crippen LogP contribution in [-0.2, 0) is 9.53 Å². The molecular formula is C25H24IN3O4S. The molecule has 0 aromatic heterocycles. The number of carbonyl (C=O) groups is 2. The van der Waals surface area contributed by atoms with Gasteiger partial charge >= 0.3 is 6.09 Å². The van der Waals surface area contributed by atoms with E-state index in [0.29, 0.717) is 22.6 Å². The highest BCUT2D eigenvalue weighted by molar-refractivity contribution is 14.1. The number of phenolic OH excluding ortho intramolecular Hbond substituents is 1. The first-order valence-electron chi connectivity index (χ1n) is 10.3. The molecule has 0 radical (unpaired) electrons. The van der Waals surface area contributed by atoms with Gasteiger partial charge < -0.3 is 20.9 Å². The van der Waals surface area contributed by atoms with Gasteiger partial charge in [0, 0.05) is 26.1 Å². The summed E-state index contributed by atoms with van der Waals surface area (Å²) in [6.07, 6.45) is 3.58. The molecule has 2 amide bonds. The van der Waals surface area contributed by atoms with Crippen LogP contribution < -0.4 is 16.4 Å². The van der Waals surface area contributed by atoms with Crippen LogP contribution in [0.2, 0.25) is 0 Å². The highest BCUT2D eigenvalue weighted by Crippen LogP contribution is 2.32. The number of aromatic hydroxyl groups is 1. The molecule has 0 aliphatic heterocycles. The van der Waals surface area contributed by atoms with Gasteiger partial charge in [0.25, 0.3) is 0 Å². The highest BCUT2D eigenvalue weighted by atomic mass is 127. The van der Waals surface area contributed by atoms with E-state index in [9.17, 15) is 14.7 Å². The summed E-state index contributed by atoms with van der Waals surface area (Å²) in [6, 6.07) is 19.3. The molecule has 3 aromatic carbocycles. The summed E-state index contributed by atoms with van der Waals surface area (Å²) < 4.78 is 6.50. The second-order valence-corrected chi connectivity index (χ2v) is 9.29. The number of halogens is 1. The van der Waals surface area contributed by atoms with Gasteiger partial charge in [-0.05, 0) is 89.5 Å². The van der Waals surface area contributed by atoms with E-state index < -0.39 is 12.2 Å². The molecule has 9 heteroatoms. The SMILES string of the molecule is CSc1ccc(NC(=O)O[C@@H](C/C=C/C(=O)Nc2ccccc2N)c2cc(I)ccc2O)cc1. The van der Waals surface area contributed by atoms with Gasteiger partial charge in [-0.1, -0.05) is 18.2 Å².